The summed E-state index contributed by atoms with van der Waals surface area (Å²) >= 11 is 0. The number of methoxy groups -OCH3 is 1. The Morgan fingerprint density at radius 2 is 2.20 bits per heavy atom. The monoisotopic (exact) mass is 345 g/mol. The highest BCUT2D eigenvalue weighted by Crippen LogP contribution is 2.23. The molecule has 132 valence electrons. The first-order valence-corrected chi connectivity index (χ1v) is 7.36. The Kier molecular flexibility index (Phi) is 5.79. The van der Waals surface area contributed by atoms with E-state index >= 15 is 0 Å². The molecule has 2 rings (SSSR count). The maximum Gasteiger partial charge on any atom is 0.271 e. The summed E-state index contributed by atoms with van der Waals surface area (Å²) in [4.78, 5) is 34.6. The Morgan fingerprint density at radius 3 is 2.84 bits per heavy atom. The Morgan fingerprint density at radius 1 is 1.44 bits per heavy atom. The highest BCUT2D eigenvalue weighted by atomic mass is 16.5. The van der Waals surface area contributed by atoms with Gasteiger partial charge in [-0.2, -0.15) is 0 Å². The zero-order valence-electron chi connectivity index (χ0n) is 13.8. The molecule has 25 heavy (non-hydrogen) atoms. The number of aromatic nitrogens is 3. The van der Waals surface area contributed by atoms with Gasteiger partial charge in [0.2, 0.25) is 0 Å². The Hall–Kier alpha value is -3.27. The maximum atomic E-state index is 11.6. The van der Waals surface area contributed by atoms with Gasteiger partial charge in [-0.15, -0.1) is 0 Å². The van der Waals surface area contributed by atoms with Crippen molar-refractivity contribution in [2.24, 2.45) is 11.6 Å². The van der Waals surface area contributed by atoms with E-state index in [1.807, 2.05) is 0 Å². The zero-order chi connectivity index (χ0) is 18.4. The number of carbonyl (C=O) groups excluding carboxylic acids is 2. The summed E-state index contributed by atoms with van der Waals surface area (Å²) in [5.74, 6) is 6.12. The van der Waals surface area contributed by atoms with Crippen molar-refractivity contribution in [3.8, 4) is 5.75 Å². The number of nitrogens with two attached hydrogens (primary N) is 2. The maximum absolute atomic E-state index is 11.6. The number of carbonyl (C=O) groups is 2. The number of aldehydes is 1. The molecule has 0 radical (unpaired) electrons. The lowest BCUT2D eigenvalue weighted by Crippen LogP contribution is -2.40. The SMILES string of the molecule is COc1cncc(Nc2nc(N(N)[C@H](C)CC=O)cnc2C(N)=O)c1. The van der Waals surface area contributed by atoms with Gasteiger partial charge in [0.15, 0.2) is 17.3 Å². The molecule has 2 aromatic heterocycles. The molecule has 0 aliphatic carbocycles. The quantitative estimate of drug-likeness (QED) is 0.350. The van der Waals surface area contributed by atoms with Crippen LogP contribution < -0.4 is 26.6 Å². The minimum atomic E-state index is -0.748. The average Bonchev–Trinajstić information content (AvgIpc) is 2.61. The second-order valence-corrected chi connectivity index (χ2v) is 5.19. The first-order valence-electron chi connectivity index (χ1n) is 7.36. The standard InChI is InChI=1S/C15H19N7O3/c1-9(3-4-23)22(17)12-8-19-13(14(16)24)15(21-12)20-10-5-11(25-2)7-18-6-10/h4-9H,3,17H2,1-2H3,(H2,16,24)(H,20,21)/t9-/m1/s1. The highest BCUT2D eigenvalue weighted by Gasteiger charge is 2.18. The molecule has 0 aromatic carbocycles. The summed E-state index contributed by atoms with van der Waals surface area (Å²) in [6.45, 7) is 1.76. The molecule has 2 heterocycles. The second kappa shape index (κ2) is 8.02. The van der Waals surface area contributed by atoms with E-state index in [1.54, 1.807) is 13.0 Å². The van der Waals surface area contributed by atoms with Crippen molar-refractivity contribution >= 4 is 29.5 Å². The largest absolute Gasteiger partial charge is 0.495 e. The summed E-state index contributed by atoms with van der Waals surface area (Å²) < 4.78 is 5.10. The van der Waals surface area contributed by atoms with Crippen molar-refractivity contribution in [3.05, 3.63) is 30.4 Å². The first-order chi connectivity index (χ1) is 12.0. The van der Waals surface area contributed by atoms with E-state index in [0.717, 1.165) is 6.29 Å². The fourth-order valence-electron chi connectivity index (χ4n) is 1.99. The smallest absolute Gasteiger partial charge is 0.271 e. The number of hydrogen-bond donors (Lipinski definition) is 3. The van der Waals surface area contributed by atoms with Gasteiger partial charge in [-0.25, -0.2) is 15.8 Å². The number of primary amides is 1. The lowest BCUT2D eigenvalue weighted by Gasteiger charge is -2.24. The van der Waals surface area contributed by atoms with Crippen molar-refractivity contribution in [1.29, 1.82) is 0 Å². The van der Waals surface area contributed by atoms with Crippen molar-refractivity contribution in [3.63, 3.8) is 0 Å². The molecule has 0 fully saturated rings. The van der Waals surface area contributed by atoms with Gasteiger partial charge in [0.25, 0.3) is 5.91 Å². The topological polar surface area (TPSA) is 149 Å². The summed E-state index contributed by atoms with van der Waals surface area (Å²) in [6, 6.07) is 1.37. The predicted molar refractivity (Wildman–Crippen MR) is 91.4 cm³/mol. The molecule has 1 atom stereocenters. The van der Waals surface area contributed by atoms with Crippen LogP contribution in [0.1, 0.15) is 23.8 Å². The molecule has 0 bridgehead atoms. The van der Waals surface area contributed by atoms with Gasteiger partial charge >= 0.3 is 0 Å². The summed E-state index contributed by atoms with van der Waals surface area (Å²) in [6.07, 6.45) is 5.35. The molecule has 10 heteroatoms. The lowest BCUT2D eigenvalue weighted by atomic mass is 10.2. The third kappa shape index (κ3) is 4.38. The predicted octanol–water partition coefficient (Wildman–Crippen LogP) is 0.380. The van der Waals surface area contributed by atoms with Crippen molar-refractivity contribution in [1.82, 2.24) is 15.0 Å². The van der Waals surface area contributed by atoms with E-state index in [-0.39, 0.29) is 29.8 Å². The number of pyridine rings is 1. The van der Waals surface area contributed by atoms with Crippen LogP contribution in [0.15, 0.2) is 24.7 Å². The van der Waals surface area contributed by atoms with E-state index in [9.17, 15) is 9.59 Å². The molecule has 0 aliphatic heterocycles. The molecule has 0 unspecified atom stereocenters. The van der Waals surface area contributed by atoms with Crippen LogP contribution in [0.3, 0.4) is 0 Å². The van der Waals surface area contributed by atoms with Gasteiger partial charge in [-0.3, -0.25) is 14.8 Å². The third-order valence-corrected chi connectivity index (χ3v) is 3.38. The van der Waals surface area contributed by atoms with Crippen molar-refractivity contribution < 1.29 is 14.3 Å². The van der Waals surface area contributed by atoms with Crippen LogP contribution in [-0.4, -0.2) is 40.3 Å². The van der Waals surface area contributed by atoms with Gasteiger partial charge < -0.3 is 20.6 Å². The minimum absolute atomic E-state index is 0.0528. The summed E-state index contributed by atoms with van der Waals surface area (Å²) in [5, 5.41) is 4.22. The van der Waals surface area contributed by atoms with Gasteiger partial charge in [-0.1, -0.05) is 0 Å². The number of nitrogens with zero attached hydrogens (tertiary/aromatic N) is 4. The normalized spacial score (nSPS) is 11.5. The van der Waals surface area contributed by atoms with E-state index in [0.29, 0.717) is 11.4 Å². The molecule has 0 saturated heterocycles. The number of hydrogen-bond acceptors (Lipinski definition) is 9. The average molecular weight is 345 g/mol. The fourth-order valence-corrected chi connectivity index (χ4v) is 1.99. The third-order valence-electron chi connectivity index (χ3n) is 3.38. The number of amides is 1. The van der Waals surface area contributed by atoms with Crippen molar-refractivity contribution in [2.45, 2.75) is 19.4 Å². The number of hydrazine groups is 1. The molecule has 5 N–H and O–H groups in total. The second-order valence-electron chi connectivity index (χ2n) is 5.19. The number of rotatable bonds is 8. The van der Waals surface area contributed by atoms with E-state index in [4.69, 9.17) is 16.3 Å². The molecule has 10 nitrogen and oxygen atoms in total. The molecule has 0 saturated carbocycles. The van der Waals surface area contributed by atoms with Crippen LogP contribution in [0.25, 0.3) is 0 Å². The van der Waals surface area contributed by atoms with Gasteiger partial charge in [0, 0.05) is 12.5 Å². The molecular formula is C15H19N7O3. The van der Waals surface area contributed by atoms with Crippen molar-refractivity contribution in [2.75, 3.05) is 17.4 Å². The molecule has 1 amide bonds. The number of anilines is 3. The zero-order valence-corrected chi connectivity index (χ0v) is 13.8. The van der Waals surface area contributed by atoms with Crippen LogP contribution in [-0.2, 0) is 4.79 Å². The fraction of sp³-hybridized carbons (Fsp3) is 0.267. The molecular weight excluding hydrogens is 326 g/mol. The Labute approximate surface area is 144 Å². The molecule has 0 aliphatic rings. The van der Waals surface area contributed by atoms with Gasteiger partial charge in [-0.05, 0) is 6.92 Å². The highest BCUT2D eigenvalue weighted by molar-refractivity contribution is 5.96. The van der Waals surface area contributed by atoms with Crippen LogP contribution >= 0.6 is 0 Å². The van der Waals surface area contributed by atoms with Gasteiger partial charge in [0.1, 0.15) is 12.0 Å². The summed E-state index contributed by atoms with van der Waals surface area (Å²) in [5.41, 5.74) is 5.82. The van der Waals surface area contributed by atoms with Crippen LogP contribution in [0.4, 0.5) is 17.3 Å². The first kappa shape index (κ1) is 18.1. The number of nitrogens with one attached hydrogen (secondary N) is 1. The Balaban J connectivity index is 2.37. The van der Waals surface area contributed by atoms with Crippen LogP contribution in [0.5, 0.6) is 5.75 Å². The molecule has 2 aromatic rings. The van der Waals surface area contributed by atoms with E-state index in [1.165, 1.54) is 30.7 Å². The lowest BCUT2D eigenvalue weighted by molar-refractivity contribution is -0.108. The van der Waals surface area contributed by atoms with Crippen LogP contribution in [0.2, 0.25) is 0 Å². The van der Waals surface area contributed by atoms with Gasteiger partial charge in [0.05, 0.1) is 37.4 Å². The Bertz CT molecular complexity index is 769. The van der Waals surface area contributed by atoms with Crippen LogP contribution in [0, 0.1) is 0 Å². The molecule has 0 spiro atoms. The minimum Gasteiger partial charge on any atom is -0.495 e. The van der Waals surface area contributed by atoms with E-state index < -0.39 is 5.91 Å². The number of ether oxygens (including phenoxy) is 1. The summed E-state index contributed by atoms with van der Waals surface area (Å²) in [7, 11) is 1.51. The van der Waals surface area contributed by atoms with E-state index in [2.05, 4.69) is 20.3 Å².